The summed E-state index contributed by atoms with van der Waals surface area (Å²) in [6.07, 6.45) is 1.62. The van der Waals surface area contributed by atoms with Gasteiger partial charge in [0.1, 0.15) is 17.6 Å². The number of carbonyl (C=O) groups is 1. The summed E-state index contributed by atoms with van der Waals surface area (Å²) in [6, 6.07) is 5.97. The third-order valence-corrected chi connectivity index (χ3v) is 6.15. The number of aryl methyl sites for hydroxylation is 2. The minimum absolute atomic E-state index is 0.149. The number of carbonyl (C=O) groups excluding carboxylic acids is 1. The van der Waals surface area contributed by atoms with Gasteiger partial charge in [-0.3, -0.25) is 14.5 Å². The van der Waals surface area contributed by atoms with Gasteiger partial charge in [0, 0.05) is 26.2 Å². The topological polar surface area (TPSA) is 100 Å². The number of morpholine rings is 1. The molecule has 5 rings (SSSR count). The largest absolute Gasteiger partial charge is 0.377 e. The maximum atomic E-state index is 14.4. The lowest BCUT2D eigenvalue weighted by atomic mass is 9.96. The first kappa shape index (κ1) is 21.0. The van der Waals surface area contributed by atoms with E-state index in [1.165, 1.54) is 27.8 Å². The number of amides is 1. The van der Waals surface area contributed by atoms with E-state index in [0.717, 1.165) is 0 Å². The Morgan fingerprint density at radius 3 is 2.91 bits per heavy atom. The van der Waals surface area contributed by atoms with E-state index in [2.05, 4.69) is 16.2 Å². The number of halogens is 1. The van der Waals surface area contributed by atoms with Gasteiger partial charge in [-0.25, -0.2) is 9.37 Å². The number of benzene rings is 1. The third kappa shape index (κ3) is 3.41. The maximum Gasteiger partial charge on any atom is 0.254 e. The Labute approximate surface area is 190 Å². The first-order valence-electron chi connectivity index (χ1n) is 10.6. The molecule has 0 saturated carbocycles. The van der Waals surface area contributed by atoms with E-state index in [1.54, 1.807) is 20.3 Å². The van der Waals surface area contributed by atoms with Crippen LogP contribution in [0, 0.1) is 24.1 Å². The molecule has 0 radical (unpaired) electrons. The van der Waals surface area contributed by atoms with E-state index < -0.39 is 11.9 Å². The van der Waals surface area contributed by atoms with Crippen molar-refractivity contribution in [3.63, 3.8) is 0 Å². The molecule has 0 spiro atoms. The van der Waals surface area contributed by atoms with Crippen LogP contribution >= 0.6 is 0 Å². The molecule has 0 aliphatic carbocycles. The molecule has 0 N–H and O–H groups in total. The van der Waals surface area contributed by atoms with E-state index in [9.17, 15) is 14.4 Å². The number of hydrogen-bond donors (Lipinski definition) is 0. The van der Waals surface area contributed by atoms with Gasteiger partial charge in [-0.2, -0.15) is 10.4 Å². The number of fused-ring (bicyclic) bond motifs is 8. The highest BCUT2D eigenvalue weighted by atomic mass is 19.1. The van der Waals surface area contributed by atoms with Crippen molar-refractivity contribution in [2.45, 2.75) is 19.5 Å². The maximum absolute atomic E-state index is 14.4. The summed E-state index contributed by atoms with van der Waals surface area (Å²) in [5.74, 6) is -0.0854. The molecule has 10 heteroatoms. The molecule has 1 saturated heterocycles. The number of aromatic nitrogens is 4. The van der Waals surface area contributed by atoms with Gasteiger partial charge in [-0.1, -0.05) is 0 Å². The van der Waals surface area contributed by atoms with Crippen molar-refractivity contribution >= 4 is 11.7 Å². The van der Waals surface area contributed by atoms with Crippen molar-refractivity contribution in [1.82, 2.24) is 24.6 Å². The third-order valence-electron chi connectivity index (χ3n) is 6.15. The predicted octanol–water partition coefficient (Wildman–Crippen LogP) is 2.36. The van der Waals surface area contributed by atoms with Crippen LogP contribution in [-0.2, 0) is 18.3 Å². The second kappa shape index (κ2) is 7.94. The SMILES string of the molecule is Cc1ncc2nc1N1CCOC[C@@H]1c1cc(F)ccc1C(=O)N(C)Cc1nn(C)c(C#N)c1-2. The Bertz CT molecular complexity index is 1310. The minimum Gasteiger partial charge on any atom is -0.377 e. The quantitative estimate of drug-likeness (QED) is 0.522. The normalized spacial score (nSPS) is 17.9. The van der Waals surface area contributed by atoms with E-state index in [0.29, 0.717) is 58.4 Å². The molecule has 1 aromatic carbocycles. The van der Waals surface area contributed by atoms with Gasteiger partial charge >= 0.3 is 0 Å². The Morgan fingerprint density at radius 1 is 1.30 bits per heavy atom. The lowest BCUT2D eigenvalue weighted by Gasteiger charge is -2.38. The second-order valence-corrected chi connectivity index (χ2v) is 8.25. The van der Waals surface area contributed by atoms with Crippen molar-refractivity contribution in [1.29, 1.82) is 5.26 Å². The first-order valence-corrected chi connectivity index (χ1v) is 10.6. The van der Waals surface area contributed by atoms with Crippen molar-refractivity contribution in [3.05, 3.63) is 58.4 Å². The van der Waals surface area contributed by atoms with Gasteiger partial charge < -0.3 is 14.5 Å². The summed E-state index contributed by atoms with van der Waals surface area (Å²) in [5.41, 5.74) is 3.55. The molecule has 33 heavy (non-hydrogen) atoms. The van der Waals surface area contributed by atoms with Crippen LogP contribution in [0.25, 0.3) is 11.3 Å². The number of nitriles is 1. The Kier molecular flexibility index (Phi) is 5.06. The fourth-order valence-corrected chi connectivity index (χ4v) is 4.54. The van der Waals surface area contributed by atoms with Crippen LogP contribution in [0.3, 0.4) is 0 Å². The molecule has 2 bridgehead atoms. The van der Waals surface area contributed by atoms with Gasteiger partial charge in [0.25, 0.3) is 5.91 Å². The van der Waals surface area contributed by atoms with Gasteiger partial charge in [0.05, 0.1) is 54.6 Å². The lowest BCUT2D eigenvalue weighted by Crippen LogP contribution is -2.42. The molecular weight excluding hydrogens is 425 g/mol. The highest BCUT2D eigenvalue weighted by molar-refractivity contribution is 5.96. The second-order valence-electron chi connectivity index (χ2n) is 8.25. The molecule has 2 aliphatic heterocycles. The fourth-order valence-electron chi connectivity index (χ4n) is 4.54. The van der Waals surface area contributed by atoms with E-state index in [4.69, 9.17) is 9.72 Å². The highest BCUT2D eigenvalue weighted by Gasteiger charge is 2.33. The number of rotatable bonds is 0. The molecule has 4 heterocycles. The van der Waals surface area contributed by atoms with Crippen molar-refractivity contribution in [3.8, 4) is 17.3 Å². The van der Waals surface area contributed by atoms with Crippen LogP contribution in [-0.4, -0.2) is 57.4 Å². The van der Waals surface area contributed by atoms with Gasteiger partial charge in [-0.05, 0) is 30.7 Å². The summed E-state index contributed by atoms with van der Waals surface area (Å²) in [4.78, 5) is 26.5. The Morgan fingerprint density at radius 2 is 2.12 bits per heavy atom. The van der Waals surface area contributed by atoms with Crippen molar-refractivity contribution in [2.75, 3.05) is 31.7 Å². The Balaban J connectivity index is 1.81. The van der Waals surface area contributed by atoms with E-state index in [1.807, 2.05) is 11.8 Å². The molecule has 1 amide bonds. The smallest absolute Gasteiger partial charge is 0.254 e. The molecular formula is C23H22FN7O2. The predicted molar refractivity (Wildman–Crippen MR) is 117 cm³/mol. The zero-order chi connectivity index (χ0) is 23.3. The number of anilines is 1. The summed E-state index contributed by atoms with van der Waals surface area (Å²) in [7, 11) is 3.34. The van der Waals surface area contributed by atoms with Crippen LogP contribution < -0.4 is 4.90 Å². The first-order chi connectivity index (χ1) is 15.9. The molecule has 168 valence electrons. The molecule has 2 aliphatic rings. The number of nitrogens with zero attached hydrogens (tertiary/aromatic N) is 7. The van der Waals surface area contributed by atoms with Crippen LogP contribution in [0.2, 0.25) is 0 Å². The standard InChI is InChI=1S/C23H22FN7O2/c1-13-22-27-17(10-26-13)21-18(28-30(3)19(21)9-25)11-29(2)23(32)15-5-4-14(24)8-16(15)20-12-33-7-6-31(20)22/h4-5,8,10,20H,6-7,11-12H2,1-3H3/t20-/m1/s1. The molecule has 9 nitrogen and oxygen atoms in total. The molecule has 1 fully saturated rings. The van der Waals surface area contributed by atoms with Crippen LogP contribution in [0.1, 0.15) is 39.0 Å². The molecule has 1 atom stereocenters. The summed E-state index contributed by atoms with van der Waals surface area (Å²) >= 11 is 0. The molecule has 3 aromatic rings. The monoisotopic (exact) mass is 447 g/mol. The van der Waals surface area contributed by atoms with Crippen LogP contribution in [0.5, 0.6) is 0 Å². The summed E-state index contributed by atoms with van der Waals surface area (Å²) in [5, 5.41) is 14.3. The van der Waals surface area contributed by atoms with Gasteiger partial charge in [-0.15, -0.1) is 0 Å². The fraction of sp³-hybridized carbons (Fsp3) is 0.348. The Hall–Kier alpha value is -3.84. The van der Waals surface area contributed by atoms with E-state index >= 15 is 0 Å². The summed E-state index contributed by atoms with van der Waals surface area (Å²) < 4.78 is 21.6. The van der Waals surface area contributed by atoms with Crippen molar-refractivity contribution in [2.24, 2.45) is 7.05 Å². The minimum atomic E-state index is -0.427. The number of ether oxygens (including phenoxy) is 1. The lowest BCUT2D eigenvalue weighted by molar-refractivity contribution is 0.0771. The molecule has 2 aromatic heterocycles. The molecule has 0 unspecified atom stereocenters. The van der Waals surface area contributed by atoms with Crippen LogP contribution in [0.15, 0.2) is 24.4 Å². The average Bonchev–Trinajstić information content (AvgIpc) is 3.12. The van der Waals surface area contributed by atoms with Gasteiger partial charge in [0.15, 0.2) is 5.82 Å². The average molecular weight is 447 g/mol. The zero-order valence-corrected chi connectivity index (χ0v) is 18.5. The van der Waals surface area contributed by atoms with Gasteiger partial charge in [0.2, 0.25) is 0 Å². The highest BCUT2D eigenvalue weighted by Crippen LogP contribution is 2.36. The van der Waals surface area contributed by atoms with Crippen molar-refractivity contribution < 1.29 is 13.9 Å². The summed E-state index contributed by atoms with van der Waals surface area (Å²) in [6.45, 7) is 3.23. The van der Waals surface area contributed by atoms with Crippen LogP contribution in [0.4, 0.5) is 10.2 Å². The zero-order valence-electron chi connectivity index (χ0n) is 18.5. The number of hydrogen-bond acceptors (Lipinski definition) is 7. The van der Waals surface area contributed by atoms with E-state index in [-0.39, 0.29) is 19.1 Å².